The molecule has 3 aromatic rings. The Morgan fingerprint density at radius 2 is 1.83 bits per heavy atom. The van der Waals surface area contributed by atoms with Crippen molar-refractivity contribution >= 4 is 57.2 Å². The van der Waals surface area contributed by atoms with Gasteiger partial charge in [0.1, 0.15) is 17.5 Å². The molecule has 10 heteroatoms. The van der Waals surface area contributed by atoms with Crippen molar-refractivity contribution in [1.82, 2.24) is 10.7 Å². The lowest BCUT2D eigenvalue weighted by atomic mass is 10.1. The van der Waals surface area contributed by atoms with E-state index in [9.17, 15) is 14.7 Å². The second-order valence-electron chi connectivity index (χ2n) is 7.52. The molecule has 0 saturated carbocycles. The van der Waals surface area contributed by atoms with Crippen LogP contribution in [0.3, 0.4) is 0 Å². The number of carbonyl (C=O) groups is 2. The van der Waals surface area contributed by atoms with Crippen molar-refractivity contribution in [2.75, 3.05) is 0 Å². The Hall–Kier alpha value is -3.07. The fraction of sp³-hybridized carbons (Fsp3) is 0.160. The van der Waals surface area contributed by atoms with Crippen LogP contribution in [0.15, 0.2) is 76.3 Å². The van der Waals surface area contributed by atoms with Crippen molar-refractivity contribution < 1.29 is 19.4 Å². The summed E-state index contributed by atoms with van der Waals surface area (Å²) in [5.41, 5.74) is 3.67. The number of hydrazone groups is 1. The Balaban J connectivity index is 1.70. The van der Waals surface area contributed by atoms with Crippen molar-refractivity contribution in [3.63, 3.8) is 0 Å². The number of phenolic OH excluding ortho intramolecular Hbond substituents is 1. The number of nitrogens with one attached hydrogen (secondary N) is 2. The van der Waals surface area contributed by atoms with Gasteiger partial charge in [-0.05, 0) is 48.9 Å². The lowest BCUT2D eigenvalue weighted by molar-refractivity contribution is -0.132. The molecule has 0 aliphatic rings. The number of ether oxygens (including phenoxy) is 1. The van der Waals surface area contributed by atoms with Gasteiger partial charge in [0.25, 0.3) is 11.8 Å². The summed E-state index contributed by atoms with van der Waals surface area (Å²) >= 11 is 15.3. The van der Waals surface area contributed by atoms with Crippen LogP contribution < -0.4 is 15.5 Å². The summed E-state index contributed by atoms with van der Waals surface area (Å²) in [6.07, 6.45) is 0.597. The minimum Gasteiger partial charge on any atom is -0.507 e. The maximum Gasteiger partial charge on any atom is 0.262 e. The lowest BCUT2D eigenvalue weighted by Crippen LogP contribution is -2.50. The summed E-state index contributed by atoms with van der Waals surface area (Å²) in [7, 11) is 0. The summed E-state index contributed by atoms with van der Waals surface area (Å²) in [5, 5.41) is 17.3. The topological polar surface area (TPSA) is 100 Å². The number of nitrogens with zero attached hydrogens (tertiary/aromatic N) is 1. The Labute approximate surface area is 221 Å². The first kappa shape index (κ1) is 26.5. The Kier molecular flexibility index (Phi) is 9.54. The third-order valence-corrected chi connectivity index (χ3v) is 5.87. The second kappa shape index (κ2) is 12.6. The highest BCUT2D eigenvalue weighted by Crippen LogP contribution is 2.28. The van der Waals surface area contributed by atoms with E-state index >= 15 is 0 Å². The molecule has 3 aromatic carbocycles. The second-order valence-corrected chi connectivity index (χ2v) is 9.28. The maximum atomic E-state index is 12.9. The summed E-state index contributed by atoms with van der Waals surface area (Å²) in [4.78, 5) is 25.8. The number of hydrogen-bond acceptors (Lipinski definition) is 5. The number of carbonyl (C=O) groups excluding carboxylic acids is 2. The first-order valence-corrected chi connectivity index (χ1v) is 12.0. The van der Waals surface area contributed by atoms with Gasteiger partial charge in [-0.25, -0.2) is 5.43 Å². The first-order chi connectivity index (χ1) is 16.7. The lowest BCUT2D eigenvalue weighted by Gasteiger charge is -2.21. The van der Waals surface area contributed by atoms with Gasteiger partial charge in [-0.1, -0.05) is 69.5 Å². The molecule has 0 bridgehead atoms. The highest BCUT2D eigenvalue weighted by atomic mass is 79.9. The van der Waals surface area contributed by atoms with Crippen LogP contribution in [0, 0.1) is 0 Å². The molecule has 3 rings (SSSR count). The molecule has 0 aliphatic carbocycles. The zero-order chi connectivity index (χ0) is 25.4. The summed E-state index contributed by atoms with van der Waals surface area (Å²) in [6, 6.07) is 17.8. The molecule has 0 fully saturated rings. The average molecular weight is 579 g/mol. The van der Waals surface area contributed by atoms with Crippen molar-refractivity contribution in [3.8, 4) is 11.5 Å². The van der Waals surface area contributed by atoms with Gasteiger partial charge in [-0.15, -0.1) is 0 Å². The number of halogens is 3. The summed E-state index contributed by atoms with van der Waals surface area (Å²) in [6.45, 7) is 1.55. The molecule has 3 N–H and O–H groups in total. The van der Waals surface area contributed by atoms with Crippen LogP contribution in [0.1, 0.15) is 18.1 Å². The molecule has 0 radical (unpaired) electrons. The molecule has 0 saturated heterocycles. The third kappa shape index (κ3) is 7.99. The predicted molar refractivity (Wildman–Crippen MR) is 140 cm³/mol. The van der Waals surface area contributed by atoms with Crippen molar-refractivity contribution in [2.45, 2.75) is 25.5 Å². The number of hydrogen-bond donors (Lipinski definition) is 3. The molecule has 0 aromatic heterocycles. The van der Waals surface area contributed by atoms with E-state index in [0.717, 1.165) is 10.0 Å². The molecule has 0 spiro atoms. The van der Waals surface area contributed by atoms with Gasteiger partial charge < -0.3 is 15.2 Å². The smallest absolute Gasteiger partial charge is 0.262 e. The molecular formula is C25H22BrCl2N3O4. The van der Waals surface area contributed by atoms with Crippen LogP contribution in [0.25, 0.3) is 0 Å². The van der Waals surface area contributed by atoms with E-state index in [1.165, 1.54) is 18.3 Å². The molecule has 2 amide bonds. The van der Waals surface area contributed by atoms with Crippen LogP contribution in [-0.2, 0) is 16.0 Å². The first-order valence-electron chi connectivity index (χ1n) is 10.5. The van der Waals surface area contributed by atoms with E-state index in [0.29, 0.717) is 16.3 Å². The third-order valence-electron chi connectivity index (χ3n) is 4.85. The monoisotopic (exact) mass is 577 g/mol. The molecule has 35 heavy (non-hydrogen) atoms. The number of phenols is 1. The van der Waals surface area contributed by atoms with Gasteiger partial charge in [-0.2, -0.15) is 5.10 Å². The number of benzene rings is 3. The normalized spacial score (nSPS) is 12.7. The Morgan fingerprint density at radius 1 is 1.09 bits per heavy atom. The molecule has 0 aliphatic heterocycles. The molecular weight excluding hydrogens is 557 g/mol. The molecule has 182 valence electrons. The van der Waals surface area contributed by atoms with Gasteiger partial charge >= 0.3 is 0 Å². The van der Waals surface area contributed by atoms with Gasteiger partial charge in [0.2, 0.25) is 0 Å². The molecule has 0 heterocycles. The largest absolute Gasteiger partial charge is 0.507 e. The van der Waals surface area contributed by atoms with Crippen LogP contribution in [0.5, 0.6) is 11.5 Å². The summed E-state index contributed by atoms with van der Waals surface area (Å²) < 4.78 is 6.40. The minimum absolute atomic E-state index is 0.00664. The number of rotatable bonds is 9. The van der Waals surface area contributed by atoms with E-state index in [1.54, 1.807) is 31.2 Å². The van der Waals surface area contributed by atoms with E-state index in [1.807, 2.05) is 30.3 Å². The minimum atomic E-state index is -0.943. The highest BCUT2D eigenvalue weighted by molar-refractivity contribution is 9.10. The quantitative estimate of drug-likeness (QED) is 0.243. The van der Waals surface area contributed by atoms with E-state index in [2.05, 4.69) is 31.8 Å². The van der Waals surface area contributed by atoms with Crippen LogP contribution >= 0.6 is 39.1 Å². The van der Waals surface area contributed by atoms with Gasteiger partial charge in [0.05, 0.1) is 11.2 Å². The van der Waals surface area contributed by atoms with E-state index < -0.39 is 24.0 Å². The average Bonchev–Trinajstić information content (AvgIpc) is 2.83. The predicted octanol–water partition coefficient (Wildman–Crippen LogP) is 5.11. The fourth-order valence-corrected chi connectivity index (χ4v) is 3.87. The maximum absolute atomic E-state index is 12.9. The van der Waals surface area contributed by atoms with E-state index in [-0.39, 0.29) is 17.2 Å². The number of aromatic hydroxyl groups is 1. The highest BCUT2D eigenvalue weighted by Gasteiger charge is 2.25. The number of amides is 2. The van der Waals surface area contributed by atoms with Crippen LogP contribution in [-0.4, -0.2) is 35.3 Å². The van der Waals surface area contributed by atoms with Crippen molar-refractivity contribution in [1.29, 1.82) is 0 Å². The van der Waals surface area contributed by atoms with Gasteiger partial charge in [0.15, 0.2) is 6.10 Å². The zero-order valence-electron chi connectivity index (χ0n) is 18.5. The van der Waals surface area contributed by atoms with Crippen LogP contribution in [0.2, 0.25) is 10.0 Å². The summed E-state index contributed by atoms with van der Waals surface area (Å²) in [5.74, 6) is -0.751. The SMILES string of the molecule is C[C@H](Oc1ccc(Cl)cc1Cl)C(=O)N[C@@H](Cc1ccccc1)C(=O)N/N=C\c1cc(Br)ccc1O. The van der Waals surface area contributed by atoms with Gasteiger partial charge in [0, 0.05) is 21.5 Å². The van der Waals surface area contributed by atoms with Crippen molar-refractivity contribution in [2.24, 2.45) is 5.10 Å². The Bertz CT molecular complexity index is 1220. The fourth-order valence-electron chi connectivity index (χ4n) is 3.04. The Morgan fingerprint density at radius 3 is 2.54 bits per heavy atom. The molecule has 7 nitrogen and oxygen atoms in total. The standard InChI is InChI=1S/C25H22BrCl2N3O4/c1-15(35-23-10-8-19(27)13-20(23)28)24(33)30-21(11-16-5-3-2-4-6-16)25(34)31-29-14-17-12-18(26)7-9-22(17)32/h2-10,12-15,21,32H,11H2,1H3,(H,30,33)(H,31,34)/b29-14-/t15-,21-/m0/s1. The molecule has 2 atom stereocenters. The van der Waals surface area contributed by atoms with Gasteiger partial charge in [-0.3, -0.25) is 9.59 Å². The zero-order valence-corrected chi connectivity index (χ0v) is 21.6. The van der Waals surface area contributed by atoms with Crippen LogP contribution in [0.4, 0.5) is 0 Å². The van der Waals surface area contributed by atoms with E-state index in [4.69, 9.17) is 27.9 Å². The van der Waals surface area contributed by atoms with Crippen molar-refractivity contribution in [3.05, 3.63) is 92.4 Å². The molecule has 0 unspecified atom stereocenters.